The topological polar surface area (TPSA) is 93.8 Å². The normalized spacial score (nSPS) is 11.0. The minimum atomic E-state index is -0.132. The molecule has 0 atom stereocenters. The van der Waals surface area contributed by atoms with E-state index < -0.39 is 0 Å². The zero-order chi connectivity index (χ0) is 18.1. The minimum Gasteiger partial charge on any atom is -0.375 e. The Kier molecular flexibility index (Phi) is 4.83. The molecule has 3 N–H and O–H groups in total. The van der Waals surface area contributed by atoms with Gasteiger partial charge in [0.25, 0.3) is 0 Å². The standard InChI is InChI=1S/C17H12IN5OS2/c18-11-4-2-10(3-5-11)15-22-23-17(26-15)21-14(24)8-9-1-6-12-13(7-9)25-16(19)20-12/h1-7H,8H2,(H2,19,20)(H,21,23,24). The van der Waals surface area contributed by atoms with E-state index in [-0.39, 0.29) is 12.3 Å². The van der Waals surface area contributed by atoms with E-state index in [4.69, 9.17) is 5.73 Å². The quantitative estimate of drug-likeness (QED) is 0.416. The van der Waals surface area contributed by atoms with Crippen LogP contribution in [0.2, 0.25) is 0 Å². The van der Waals surface area contributed by atoms with Crippen LogP contribution in [0.15, 0.2) is 42.5 Å². The summed E-state index contributed by atoms with van der Waals surface area (Å²) in [5.74, 6) is -0.132. The number of thiazole rings is 1. The van der Waals surface area contributed by atoms with Gasteiger partial charge in [0.15, 0.2) is 5.13 Å². The van der Waals surface area contributed by atoms with Gasteiger partial charge >= 0.3 is 0 Å². The number of halogens is 1. The Morgan fingerprint density at radius 2 is 1.92 bits per heavy atom. The molecule has 4 aromatic rings. The van der Waals surface area contributed by atoms with Crippen LogP contribution in [0.25, 0.3) is 20.8 Å². The summed E-state index contributed by atoms with van der Waals surface area (Å²) < 4.78 is 2.13. The van der Waals surface area contributed by atoms with Gasteiger partial charge in [-0.15, -0.1) is 10.2 Å². The summed E-state index contributed by atoms with van der Waals surface area (Å²) in [6, 6.07) is 13.7. The fourth-order valence-corrected chi connectivity index (χ4v) is 4.35. The number of amides is 1. The molecule has 0 aliphatic heterocycles. The molecular formula is C17H12IN5OS2. The molecule has 0 bridgehead atoms. The first-order chi connectivity index (χ1) is 12.6. The summed E-state index contributed by atoms with van der Waals surface area (Å²) >= 11 is 5.02. The summed E-state index contributed by atoms with van der Waals surface area (Å²) in [7, 11) is 0. The molecule has 4 rings (SSSR count). The maximum absolute atomic E-state index is 12.3. The van der Waals surface area contributed by atoms with Gasteiger partial charge in [-0.2, -0.15) is 0 Å². The molecule has 9 heteroatoms. The SMILES string of the molecule is Nc1nc2ccc(CC(=O)Nc3nnc(-c4ccc(I)cc4)s3)cc2s1. The largest absolute Gasteiger partial charge is 0.375 e. The molecule has 0 aliphatic rings. The van der Waals surface area contributed by atoms with Crippen LogP contribution in [-0.4, -0.2) is 21.1 Å². The van der Waals surface area contributed by atoms with Crippen molar-refractivity contribution in [3.63, 3.8) is 0 Å². The summed E-state index contributed by atoms with van der Waals surface area (Å²) in [6.07, 6.45) is 0.256. The number of anilines is 2. The maximum atomic E-state index is 12.3. The Bertz CT molecular complexity index is 1090. The lowest BCUT2D eigenvalue weighted by atomic mass is 10.1. The fourth-order valence-electron chi connectivity index (χ4n) is 2.43. The molecule has 130 valence electrons. The Hall–Kier alpha value is -2.11. The first-order valence-electron chi connectivity index (χ1n) is 7.61. The van der Waals surface area contributed by atoms with Crippen molar-refractivity contribution in [1.82, 2.24) is 15.2 Å². The number of hydrogen-bond donors (Lipinski definition) is 2. The van der Waals surface area contributed by atoms with Gasteiger partial charge < -0.3 is 11.1 Å². The van der Waals surface area contributed by atoms with Crippen LogP contribution in [0, 0.1) is 3.57 Å². The van der Waals surface area contributed by atoms with Crippen LogP contribution < -0.4 is 11.1 Å². The van der Waals surface area contributed by atoms with Crippen molar-refractivity contribution in [1.29, 1.82) is 0 Å². The van der Waals surface area contributed by atoms with Gasteiger partial charge in [-0.05, 0) is 52.4 Å². The van der Waals surface area contributed by atoms with Crippen molar-refractivity contribution in [3.8, 4) is 10.6 Å². The molecule has 0 fully saturated rings. The third kappa shape index (κ3) is 3.84. The summed E-state index contributed by atoms with van der Waals surface area (Å²) in [5, 5.41) is 12.8. The minimum absolute atomic E-state index is 0.132. The highest BCUT2D eigenvalue weighted by atomic mass is 127. The van der Waals surface area contributed by atoms with E-state index in [1.807, 2.05) is 42.5 Å². The second-order valence-electron chi connectivity index (χ2n) is 5.50. The Morgan fingerprint density at radius 1 is 1.12 bits per heavy atom. The molecule has 0 radical (unpaired) electrons. The molecule has 0 spiro atoms. The molecule has 0 aliphatic carbocycles. The molecular weight excluding hydrogens is 481 g/mol. The number of hydrogen-bond acceptors (Lipinski definition) is 7. The average molecular weight is 493 g/mol. The van der Waals surface area contributed by atoms with Crippen LogP contribution in [0.1, 0.15) is 5.56 Å². The van der Waals surface area contributed by atoms with Crippen molar-refractivity contribution in [2.45, 2.75) is 6.42 Å². The van der Waals surface area contributed by atoms with Gasteiger partial charge in [0, 0.05) is 9.13 Å². The summed E-state index contributed by atoms with van der Waals surface area (Å²) in [4.78, 5) is 16.5. The second kappa shape index (κ2) is 7.25. The highest BCUT2D eigenvalue weighted by Gasteiger charge is 2.11. The lowest BCUT2D eigenvalue weighted by Crippen LogP contribution is -2.14. The van der Waals surface area contributed by atoms with Gasteiger partial charge in [0.05, 0.1) is 16.6 Å². The van der Waals surface area contributed by atoms with Crippen molar-refractivity contribution >= 4 is 71.7 Å². The molecule has 0 unspecified atom stereocenters. The smallest absolute Gasteiger partial charge is 0.230 e. The fraction of sp³-hybridized carbons (Fsp3) is 0.0588. The van der Waals surface area contributed by atoms with Gasteiger partial charge in [0.1, 0.15) is 5.01 Å². The molecule has 0 saturated heterocycles. The van der Waals surface area contributed by atoms with Crippen LogP contribution >= 0.6 is 45.3 Å². The first-order valence-corrected chi connectivity index (χ1v) is 10.3. The number of benzene rings is 2. The van der Waals surface area contributed by atoms with E-state index >= 15 is 0 Å². The predicted molar refractivity (Wildman–Crippen MR) is 114 cm³/mol. The lowest BCUT2D eigenvalue weighted by molar-refractivity contribution is -0.115. The van der Waals surface area contributed by atoms with Crippen LogP contribution in [-0.2, 0) is 11.2 Å². The van der Waals surface area contributed by atoms with E-state index in [0.29, 0.717) is 10.3 Å². The summed E-state index contributed by atoms with van der Waals surface area (Å²) in [5.41, 5.74) is 8.45. The number of nitrogen functional groups attached to an aromatic ring is 1. The van der Waals surface area contributed by atoms with Crippen molar-refractivity contribution < 1.29 is 4.79 Å². The predicted octanol–water partition coefficient (Wildman–Crippen LogP) is 4.18. The molecule has 6 nitrogen and oxygen atoms in total. The lowest BCUT2D eigenvalue weighted by Gasteiger charge is -2.01. The van der Waals surface area contributed by atoms with Gasteiger partial charge in [0.2, 0.25) is 11.0 Å². The zero-order valence-corrected chi connectivity index (χ0v) is 17.1. The van der Waals surface area contributed by atoms with E-state index in [9.17, 15) is 4.79 Å². The zero-order valence-electron chi connectivity index (χ0n) is 13.3. The monoisotopic (exact) mass is 493 g/mol. The van der Waals surface area contributed by atoms with Gasteiger partial charge in [-0.1, -0.05) is 40.9 Å². The number of nitrogens with zero attached hydrogens (tertiary/aromatic N) is 3. The number of nitrogens with one attached hydrogen (secondary N) is 1. The number of carbonyl (C=O) groups is 1. The molecule has 0 saturated carbocycles. The molecule has 26 heavy (non-hydrogen) atoms. The molecule has 1 amide bonds. The Labute approximate surface area is 170 Å². The van der Waals surface area contributed by atoms with E-state index in [1.54, 1.807) is 0 Å². The van der Waals surface area contributed by atoms with Crippen LogP contribution in [0.5, 0.6) is 0 Å². The van der Waals surface area contributed by atoms with Gasteiger partial charge in [-0.3, -0.25) is 4.79 Å². The highest BCUT2D eigenvalue weighted by molar-refractivity contribution is 14.1. The maximum Gasteiger partial charge on any atom is 0.230 e. The number of rotatable bonds is 4. The molecule has 2 aromatic heterocycles. The first kappa shape index (κ1) is 17.3. The van der Waals surface area contributed by atoms with Crippen molar-refractivity contribution in [2.24, 2.45) is 0 Å². The van der Waals surface area contributed by atoms with Crippen LogP contribution in [0.4, 0.5) is 10.3 Å². The number of aromatic nitrogens is 3. The van der Waals surface area contributed by atoms with E-state index in [2.05, 4.69) is 43.1 Å². The van der Waals surface area contributed by atoms with Crippen molar-refractivity contribution in [3.05, 3.63) is 51.6 Å². The number of fused-ring (bicyclic) bond motifs is 1. The Morgan fingerprint density at radius 3 is 2.73 bits per heavy atom. The number of carbonyl (C=O) groups excluding carboxylic acids is 1. The van der Waals surface area contributed by atoms with Crippen LogP contribution in [0.3, 0.4) is 0 Å². The van der Waals surface area contributed by atoms with Gasteiger partial charge in [-0.25, -0.2) is 4.98 Å². The van der Waals surface area contributed by atoms with E-state index in [1.165, 1.54) is 22.7 Å². The van der Waals surface area contributed by atoms with Crippen molar-refractivity contribution in [2.75, 3.05) is 11.1 Å². The molecule has 2 heterocycles. The average Bonchev–Trinajstić information content (AvgIpc) is 3.20. The highest BCUT2D eigenvalue weighted by Crippen LogP contribution is 2.27. The summed E-state index contributed by atoms with van der Waals surface area (Å²) in [6.45, 7) is 0. The molecule has 2 aromatic carbocycles. The Balaban J connectivity index is 1.45. The number of nitrogens with two attached hydrogens (primary N) is 1. The third-order valence-electron chi connectivity index (χ3n) is 3.60. The van der Waals surface area contributed by atoms with E-state index in [0.717, 1.165) is 29.9 Å². The second-order valence-corrected chi connectivity index (χ2v) is 8.78. The third-order valence-corrected chi connectivity index (χ3v) is 6.05.